The molecule has 0 heterocycles. The van der Waals surface area contributed by atoms with E-state index < -0.39 is 0 Å². The molecule has 10 heavy (non-hydrogen) atoms. The van der Waals surface area contributed by atoms with Crippen molar-refractivity contribution in [2.24, 2.45) is 17.3 Å². The van der Waals surface area contributed by atoms with E-state index in [1.807, 2.05) is 0 Å². The maximum Gasteiger partial charge on any atom is 0.0689 e. The lowest BCUT2D eigenvalue weighted by Crippen LogP contribution is -2.16. The maximum absolute atomic E-state index is 8.86. The van der Waals surface area contributed by atoms with E-state index in [1.165, 1.54) is 6.42 Å². The SMILES string of the molecule is CC1CC(C)C(C)(C#N)C1. The summed E-state index contributed by atoms with van der Waals surface area (Å²) in [6.45, 7) is 6.51. The summed E-state index contributed by atoms with van der Waals surface area (Å²) in [7, 11) is 0. The van der Waals surface area contributed by atoms with Gasteiger partial charge in [0.2, 0.25) is 0 Å². The van der Waals surface area contributed by atoms with Crippen LogP contribution < -0.4 is 0 Å². The first kappa shape index (κ1) is 7.60. The summed E-state index contributed by atoms with van der Waals surface area (Å²) in [6.07, 6.45) is 2.31. The molecule has 3 atom stereocenters. The quantitative estimate of drug-likeness (QED) is 0.503. The van der Waals surface area contributed by atoms with Crippen LogP contribution in [-0.4, -0.2) is 0 Å². The Balaban J connectivity index is 2.73. The lowest BCUT2D eigenvalue weighted by Gasteiger charge is -2.18. The Kier molecular flexibility index (Phi) is 1.72. The standard InChI is InChI=1S/C9H15N/c1-7-4-8(2)9(3,5-7)6-10/h7-8H,4-5H2,1-3H3. The minimum absolute atomic E-state index is 0.0284. The molecule has 1 heteroatoms. The van der Waals surface area contributed by atoms with E-state index in [1.54, 1.807) is 0 Å². The van der Waals surface area contributed by atoms with Crippen molar-refractivity contribution in [3.8, 4) is 6.07 Å². The highest BCUT2D eigenvalue weighted by Gasteiger charge is 2.39. The molecule has 0 aliphatic heterocycles. The van der Waals surface area contributed by atoms with Gasteiger partial charge in [-0.05, 0) is 31.6 Å². The lowest BCUT2D eigenvalue weighted by molar-refractivity contribution is 0.342. The Morgan fingerprint density at radius 3 is 2.30 bits per heavy atom. The molecule has 1 fully saturated rings. The van der Waals surface area contributed by atoms with Crippen LogP contribution in [0.3, 0.4) is 0 Å². The molecule has 56 valence electrons. The second kappa shape index (κ2) is 2.27. The van der Waals surface area contributed by atoms with Crippen LogP contribution in [0.1, 0.15) is 33.6 Å². The highest BCUT2D eigenvalue weighted by Crippen LogP contribution is 2.45. The predicted octanol–water partition coefficient (Wildman–Crippen LogP) is 2.58. The van der Waals surface area contributed by atoms with E-state index in [2.05, 4.69) is 26.8 Å². The van der Waals surface area contributed by atoms with E-state index >= 15 is 0 Å². The van der Waals surface area contributed by atoms with Crippen molar-refractivity contribution in [1.29, 1.82) is 5.26 Å². The molecule has 0 aromatic rings. The third-order valence-corrected chi connectivity index (χ3v) is 2.87. The topological polar surface area (TPSA) is 23.8 Å². The molecule has 0 bridgehead atoms. The molecular formula is C9H15N. The molecule has 0 spiro atoms. The summed E-state index contributed by atoms with van der Waals surface area (Å²) >= 11 is 0. The second-order valence-corrected chi connectivity index (χ2v) is 3.98. The van der Waals surface area contributed by atoms with Gasteiger partial charge in [-0.25, -0.2) is 0 Å². The van der Waals surface area contributed by atoms with Gasteiger partial charge in [0.1, 0.15) is 0 Å². The van der Waals surface area contributed by atoms with Crippen molar-refractivity contribution in [2.75, 3.05) is 0 Å². The molecule has 1 saturated carbocycles. The van der Waals surface area contributed by atoms with Gasteiger partial charge in [-0.3, -0.25) is 0 Å². The van der Waals surface area contributed by atoms with Crippen molar-refractivity contribution in [3.63, 3.8) is 0 Å². The molecule has 3 unspecified atom stereocenters. The van der Waals surface area contributed by atoms with Gasteiger partial charge in [-0.15, -0.1) is 0 Å². The monoisotopic (exact) mass is 137 g/mol. The van der Waals surface area contributed by atoms with Crippen LogP contribution in [-0.2, 0) is 0 Å². The van der Waals surface area contributed by atoms with Crippen LogP contribution in [0.5, 0.6) is 0 Å². The predicted molar refractivity (Wildman–Crippen MR) is 41.3 cm³/mol. The minimum Gasteiger partial charge on any atom is -0.198 e. The fourth-order valence-electron chi connectivity index (χ4n) is 2.03. The first-order valence-electron chi connectivity index (χ1n) is 4.00. The number of nitrogens with zero attached hydrogens (tertiary/aromatic N) is 1. The Labute approximate surface area is 63.0 Å². The van der Waals surface area contributed by atoms with Gasteiger partial charge >= 0.3 is 0 Å². The van der Waals surface area contributed by atoms with Gasteiger partial charge in [-0.1, -0.05) is 13.8 Å². The fourth-order valence-corrected chi connectivity index (χ4v) is 2.03. The van der Waals surface area contributed by atoms with Crippen molar-refractivity contribution in [3.05, 3.63) is 0 Å². The Hall–Kier alpha value is -0.510. The summed E-state index contributed by atoms with van der Waals surface area (Å²) in [5, 5.41) is 8.86. The third kappa shape index (κ3) is 1.03. The molecule has 1 nitrogen and oxygen atoms in total. The number of hydrogen-bond acceptors (Lipinski definition) is 1. The van der Waals surface area contributed by atoms with Crippen molar-refractivity contribution in [2.45, 2.75) is 33.6 Å². The van der Waals surface area contributed by atoms with Gasteiger partial charge < -0.3 is 0 Å². The van der Waals surface area contributed by atoms with Crippen molar-refractivity contribution in [1.82, 2.24) is 0 Å². The Bertz CT molecular complexity index is 168. The zero-order chi connectivity index (χ0) is 7.78. The van der Waals surface area contributed by atoms with Crippen LogP contribution in [0.4, 0.5) is 0 Å². The van der Waals surface area contributed by atoms with Gasteiger partial charge in [0.25, 0.3) is 0 Å². The molecule has 1 rings (SSSR count). The molecular weight excluding hydrogens is 122 g/mol. The van der Waals surface area contributed by atoms with Gasteiger partial charge in [0, 0.05) is 0 Å². The van der Waals surface area contributed by atoms with Crippen LogP contribution in [0, 0.1) is 28.6 Å². The van der Waals surface area contributed by atoms with E-state index in [9.17, 15) is 0 Å². The second-order valence-electron chi connectivity index (χ2n) is 3.98. The first-order chi connectivity index (χ1) is 4.58. The zero-order valence-corrected chi connectivity index (χ0v) is 7.02. The van der Waals surface area contributed by atoms with Crippen molar-refractivity contribution < 1.29 is 0 Å². The lowest BCUT2D eigenvalue weighted by atomic mass is 9.82. The smallest absolute Gasteiger partial charge is 0.0689 e. The largest absolute Gasteiger partial charge is 0.198 e. The summed E-state index contributed by atoms with van der Waals surface area (Å²) < 4.78 is 0. The summed E-state index contributed by atoms with van der Waals surface area (Å²) in [5.74, 6) is 1.34. The molecule has 0 N–H and O–H groups in total. The number of nitriles is 1. The molecule has 1 aliphatic rings. The van der Waals surface area contributed by atoms with E-state index in [0.717, 1.165) is 12.3 Å². The first-order valence-corrected chi connectivity index (χ1v) is 4.00. The maximum atomic E-state index is 8.86. The van der Waals surface area contributed by atoms with Crippen LogP contribution in [0.15, 0.2) is 0 Å². The summed E-state index contributed by atoms with van der Waals surface area (Å²) in [4.78, 5) is 0. The van der Waals surface area contributed by atoms with E-state index in [-0.39, 0.29) is 5.41 Å². The van der Waals surface area contributed by atoms with Gasteiger partial charge in [0.15, 0.2) is 0 Å². The Morgan fingerprint density at radius 1 is 1.50 bits per heavy atom. The van der Waals surface area contributed by atoms with E-state index in [4.69, 9.17) is 5.26 Å². The molecule has 0 radical (unpaired) electrons. The fraction of sp³-hybridized carbons (Fsp3) is 0.889. The molecule has 0 aromatic heterocycles. The Morgan fingerprint density at radius 2 is 2.10 bits per heavy atom. The third-order valence-electron chi connectivity index (χ3n) is 2.87. The normalized spacial score (nSPS) is 47.0. The molecule has 0 amide bonds. The highest BCUT2D eigenvalue weighted by molar-refractivity contribution is 5.03. The van der Waals surface area contributed by atoms with Crippen LogP contribution >= 0.6 is 0 Å². The van der Waals surface area contributed by atoms with Gasteiger partial charge in [0.05, 0.1) is 11.5 Å². The van der Waals surface area contributed by atoms with E-state index in [0.29, 0.717) is 5.92 Å². The molecule has 0 saturated heterocycles. The number of rotatable bonds is 0. The van der Waals surface area contributed by atoms with Crippen LogP contribution in [0.25, 0.3) is 0 Å². The molecule has 1 aliphatic carbocycles. The highest BCUT2D eigenvalue weighted by atomic mass is 14.5. The average Bonchev–Trinajstić information content (AvgIpc) is 2.09. The average molecular weight is 137 g/mol. The van der Waals surface area contributed by atoms with Crippen LogP contribution in [0.2, 0.25) is 0 Å². The number of hydrogen-bond donors (Lipinski definition) is 0. The summed E-state index contributed by atoms with van der Waals surface area (Å²) in [6, 6.07) is 2.42. The minimum atomic E-state index is -0.0284. The van der Waals surface area contributed by atoms with Crippen molar-refractivity contribution >= 4 is 0 Å². The summed E-state index contributed by atoms with van der Waals surface area (Å²) in [5.41, 5.74) is -0.0284. The molecule has 0 aromatic carbocycles. The van der Waals surface area contributed by atoms with Gasteiger partial charge in [-0.2, -0.15) is 5.26 Å². The zero-order valence-electron chi connectivity index (χ0n) is 7.02.